The van der Waals surface area contributed by atoms with Crippen LogP contribution in [0.5, 0.6) is 0 Å². The van der Waals surface area contributed by atoms with E-state index in [0.29, 0.717) is 12.1 Å². The molecule has 0 aromatic heterocycles. The smallest absolute Gasteiger partial charge is 0.208 e. The van der Waals surface area contributed by atoms with Gasteiger partial charge in [-0.1, -0.05) is 0 Å². The summed E-state index contributed by atoms with van der Waals surface area (Å²) in [6.07, 6.45) is 5.04. The van der Waals surface area contributed by atoms with Crippen molar-refractivity contribution < 1.29 is 0 Å². The van der Waals surface area contributed by atoms with Crippen LogP contribution in [0.4, 0.5) is 0 Å². The van der Waals surface area contributed by atoms with Crippen LogP contribution in [0, 0.1) is 0 Å². The molecule has 0 radical (unpaired) electrons. The summed E-state index contributed by atoms with van der Waals surface area (Å²) in [5, 5.41) is 0. The minimum atomic E-state index is 0.541. The molecule has 0 atom stereocenters. The second kappa shape index (κ2) is 3.54. The van der Waals surface area contributed by atoms with Crippen molar-refractivity contribution in [3.63, 3.8) is 0 Å². The molecular weight excluding hydrogens is 164 g/mol. The van der Waals surface area contributed by atoms with Gasteiger partial charge < -0.3 is 4.90 Å². The fraction of sp³-hybridized carbons (Fsp3) is 0.889. The zero-order valence-corrected chi connectivity index (χ0v) is 8.16. The van der Waals surface area contributed by atoms with Crippen LogP contribution in [0.15, 0.2) is 4.99 Å². The summed E-state index contributed by atoms with van der Waals surface area (Å²) in [6.45, 7) is 3.15. The molecule has 2 rings (SSSR count). The third-order valence-corrected chi connectivity index (χ3v) is 2.58. The Morgan fingerprint density at radius 3 is 2.54 bits per heavy atom. The van der Waals surface area contributed by atoms with Crippen LogP contribution >= 0.6 is 0 Å². The van der Waals surface area contributed by atoms with E-state index in [0.717, 1.165) is 12.5 Å². The largest absolute Gasteiger partial charge is 0.339 e. The Morgan fingerprint density at radius 1 is 1.46 bits per heavy atom. The van der Waals surface area contributed by atoms with Crippen molar-refractivity contribution in [1.82, 2.24) is 10.3 Å². The first-order valence-corrected chi connectivity index (χ1v) is 5.16. The third-order valence-electron chi connectivity index (χ3n) is 2.58. The standard InChI is InChI=1S/C9H18N4/c1-2-13(8-5-6-8)9(12-10)11-7-3-4-7/h7-8H,2-6,10H2,1H3,(H,11,12). The Kier molecular flexibility index (Phi) is 2.40. The van der Waals surface area contributed by atoms with E-state index in [2.05, 4.69) is 22.2 Å². The predicted molar refractivity (Wildman–Crippen MR) is 53.2 cm³/mol. The van der Waals surface area contributed by atoms with E-state index in [1.807, 2.05) is 0 Å². The van der Waals surface area contributed by atoms with Gasteiger partial charge in [-0.15, -0.1) is 0 Å². The van der Waals surface area contributed by atoms with Crippen LogP contribution in [-0.4, -0.2) is 29.5 Å². The van der Waals surface area contributed by atoms with Crippen LogP contribution in [0.1, 0.15) is 32.6 Å². The van der Waals surface area contributed by atoms with Gasteiger partial charge >= 0.3 is 0 Å². The fourth-order valence-electron chi connectivity index (χ4n) is 1.54. The van der Waals surface area contributed by atoms with E-state index in [9.17, 15) is 0 Å². The molecule has 2 aliphatic rings. The zero-order valence-electron chi connectivity index (χ0n) is 8.16. The van der Waals surface area contributed by atoms with Crippen LogP contribution in [0.3, 0.4) is 0 Å². The maximum atomic E-state index is 5.47. The van der Waals surface area contributed by atoms with Gasteiger partial charge in [0.25, 0.3) is 0 Å². The third kappa shape index (κ3) is 2.12. The maximum absolute atomic E-state index is 5.47. The number of nitrogens with two attached hydrogens (primary N) is 1. The minimum absolute atomic E-state index is 0.541. The molecule has 3 N–H and O–H groups in total. The van der Waals surface area contributed by atoms with Gasteiger partial charge in [0.1, 0.15) is 0 Å². The number of rotatable bonds is 3. The summed E-state index contributed by atoms with van der Waals surface area (Å²) in [6, 6.07) is 1.23. The first-order valence-electron chi connectivity index (χ1n) is 5.16. The highest BCUT2D eigenvalue weighted by Crippen LogP contribution is 2.28. The molecular formula is C9H18N4. The van der Waals surface area contributed by atoms with E-state index in [-0.39, 0.29) is 0 Å². The Labute approximate surface area is 79.2 Å². The number of nitrogens with zero attached hydrogens (tertiary/aromatic N) is 2. The number of nitrogens with one attached hydrogen (secondary N) is 1. The Balaban J connectivity index is 1.98. The van der Waals surface area contributed by atoms with Crippen LogP contribution in [-0.2, 0) is 0 Å². The molecule has 2 fully saturated rings. The summed E-state index contributed by atoms with van der Waals surface area (Å²) < 4.78 is 0. The highest BCUT2D eigenvalue weighted by Gasteiger charge is 2.31. The summed E-state index contributed by atoms with van der Waals surface area (Å²) in [5.74, 6) is 6.36. The highest BCUT2D eigenvalue weighted by atomic mass is 15.4. The first-order chi connectivity index (χ1) is 6.35. The molecule has 0 unspecified atom stereocenters. The van der Waals surface area contributed by atoms with Gasteiger partial charge in [-0.05, 0) is 32.6 Å². The van der Waals surface area contributed by atoms with Crippen molar-refractivity contribution in [3.05, 3.63) is 0 Å². The SMILES string of the molecule is CCN(C(=NC1CC1)NN)C1CC1. The average Bonchev–Trinajstić information content (AvgIpc) is 2.98. The van der Waals surface area contributed by atoms with Crippen molar-refractivity contribution in [1.29, 1.82) is 0 Å². The summed E-state index contributed by atoms with van der Waals surface area (Å²) in [7, 11) is 0. The average molecular weight is 182 g/mol. The fourth-order valence-corrected chi connectivity index (χ4v) is 1.54. The molecule has 0 aliphatic heterocycles. The normalized spacial score (nSPS) is 23.1. The molecule has 13 heavy (non-hydrogen) atoms. The molecule has 0 aromatic rings. The lowest BCUT2D eigenvalue weighted by Gasteiger charge is -2.23. The lowest BCUT2D eigenvalue weighted by Crippen LogP contribution is -2.46. The molecule has 2 aliphatic carbocycles. The van der Waals surface area contributed by atoms with Gasteiger partial charge in [0, 0.05) is 12.6 Å². The van der Waals surface area contributed by atoms with Crippen molar-refractivity contribution in [3.8, 4) is 0 Å². The van der Waals surface area contributed by atoms with Crippen LogP contribution in [0.2, 0.25) is 0 Å². The van der Waals surface area contributed by atoms with E-state index in [1.54, 1.807) is 0 Å². The number of aliphatic imine (C=N–C) groups is 1. The van der Waals surface area contributed by atoms with Crippen molar-refractivity contribution in [2.24, 2.45) is 10.8 Å². The van der Waals surface area contributed by atoms with Crippen LogP contribution < -0.4 is 11.3 Å². The van der Waals surface area contributed by atoms with E-state index in [4.69, 9.17) is 5.84 Å². The molecule has 2 saturated carbocycles. The molecule has 0 aromatic carbocycles. The second-order valence-corrected chi connectivity index (χ2v) is 3.85. The zero-order chi connectivity index (χ0) is 9.26. The highest BCUT2D eigenvalue weighted by molar-refractivity contribution is 5.80. The van der Waals surface area contributed by atoms with Gasteiger partial charge in [-0.25, -0.2) is 10.8 Å². The monoisotopic (exact) mass is 182 g/mol. The maximum Gasteiger partial charge on any atom is 0.208 e. The van der Waals surface area contributed by atoms with E-state index in [1.165, 1.54) is 25.7 Å². The molecule has 0 spiro atoms. The van der Waals surface area contributed by atoms with E-state index < -0.39 is 0 Å². The summed E-state index contributed by atoms with van der Waals surface area (Å²) >= 11 is 0. The van der Waals surface area contributed by atoms with Crippen molar-refractivity contribution in [2.45, 2.75) is 44.7 Å². The van der Waals surface area contributed by atoms with Gasteiger partial charge in [0.15, 0.2) is 0 Å². The Morgan fingerprint density at radius 2 is 2.15 bits per heavy atom. The first kappa shape index (κ1) is 8.81. The topological polar surface area (TPSA) is 53.6 Å². The summed E-state index contributed by atoms with van der Waals surface area (Å²) in [4.78, 5) is 6.82. The quantitative estimate of drug-likeness (QED) is 0.288. The molecule has 0 amide bonds. The lowest BCUT2D eigenvalue weighted by atomic mass is 10.5. The lowest BCUT2D eigenvalue weighted by molar-refractivity contribution is 0.413. The van der Waals surface area contributed by atoms with Gasteiger partial charge in [-0.3, -0.25) is 5.43 Å². The molecule has 0 saturated heterocycles. The van der Waals surface area contributed by atoms with E-state index >= 15 is 0 Å². The Bertz CT molecular complexity index is 206. The van der Waals surface area contributed by atoms with Gasteiger partial charge in [0.2, 0.25) is 5.96 Å². The Hall–Kier alpha value is -0.770. The molecule has 74 valence electrons. The minimum Gasteiger partial charge on any atom is -0.339 e. The number of hydrogen-bond acceptors (Lipinski definition) is 2. The van der Waals surface area contributed by atoms with Gasteiger partial charge in [-0.2, -0.15) is 0 Å². The second-order valence-electron chi connectivity index (χ2n) is 3.85. The summed E-state index contributed by atoms with van der Waals surface area (Å²) in [5.41, 5.74) is 2.72. The van der Waals surface area contributed by atoms with Crippen LogP contribution in [0.25, 0.3) is 0 Å². The number of hydrazine groups is 1. The molecule has 0 heterocycles. The predicted octanol–water partition coefficient (Wildman–Crippen LogP) is 0.452. The number of guanidine groups is 1. The van der Waals surface area contributed by atoms with Crippen molar-refractivity contribution >= 4 is 5.96 Å². The molecule has 0 bridgehead atoms. The molecule has 4 heteroatoms. The number of hydrogen-bond donors (Lipinski definition) is 2. The van der Waals surface area contributed by atoms with Crippen molar-refractivity contribution in [2.75, 3.05) is 6.54 Å². The molecule has 4 nitrogen and oxygen atoms in total. The van der Waals surface area contributed by atoms with Gasteiger partial charge in [0.05, 0.1) is 6.04 Å².